The van der Waals surface area contributed by atoms with Gasteiger partial charge in [0, 0.05) is 57.1 Å². The Balaban J connectivity index is 1.43. The molecule has 4 heterocycles. The first kappa shape index (κ1) is 14.3. The lowest BCUT2D eigenvalue weighted by Gasteiger charge is -2.35. The SMILES string of the molecule is Cc1cc(N2CCN(c3cc(N4CCCC4)ncn3)CC2)n[nH]1. The Hall–Kier alpha value is -2.31. The summed E-state index contributed by atoms with van der Waals surface area (Å²) in [5, 5.41) is 7.37. The monoisotopic (exact) mass is 313 g/mol. The fourth-order valence-corrected chi connectivity index (χ4v) is 3.36. The minimum Gasteiger partial charge on any atom is -0.356 e. The maximum absolute atomic E-state index is 4.48. The third-order valence-corrected chi connectivity index (χ3v) is 4.69. The van der Waals surface area contributed by atoms with Crippen LogP contribution in [0.25, 0.3) is 0 Å². The van der Waals surface area contributed by atoms with E-state index in [9.17, 15) is 0 Å². The van der Waals surface area contributed by atoms with Crippen molar-refractivity contribution in [2.75, 3.05) is 54.0 Å². The van der Waals surface area contributed by atoms with Crippen LogP contribution in [0.5, 0.6) is 0 Å². The number of aromatic nitrogens is 4. The zero-order valence-corrected chi connectivity index (χ0v) is 13.6. The molecule has 0 spiro atoms. The summed E-state index contributed by atoms with van der Waals surface area (Å²) in [5.41, 5.74) is 1.11. The van der Waals surface area contributed by atoms with Crippen molar-refractivity contribution in [3.8, 4) is 0 Å². The third kappa shape index (κ3) is 2.95. The highest BCUT2D eigenvalue weighted by molar-refractivity contribution is 5.52. The predicted octanol–water partition coefficient (Wildman–Crippen LogP) is 1.43. The first-order valence-corrected chi connectivity index (χ1v) is 8.38. The number of aryl methyl sites for hydroxylation is 1. The maximum Gasteiger partial charge on any atom is 0.150 e. The summed E-state index contributed by atoms with van der Waals surface area (Å²) in [6.07, 6.45) is 4.23. The lowest BCUT2D eigenvalue weighted by Crippen LogP contribution is -2.47. The molecule has 0 atom stereocenters. The Morgan fingerprint density at radius 3 is 1.91 bits per heavy atom. The quantitative estimate of drug-likeness (QED) is 0.925. The maximum atomic E-state index is 4.48. The summed E-state index contributed by atoms with van der Waals surface area (Å²) < 4.78 is 0. The van der Waals surface area contributed by atoms with Crippen molar-refractivity contribution in [3.05, 3.63) is 24.2 Å². The summed E-state index contributed by atoms with van der Waals surface area (Å²) in [5.74, 6) is 3.15. The summed E-state index contributed by atoms with van der Waals surface area (Å²) in [7, 11) is 0. The molecule has 0 saturated carbocycles. The van der Waals surface area contributed by atoms with Crippen LogP contribution in [0.2, 0.25) is 0 Å². The van der Waals surface area contributed by atoms with Crippen LogP contribution >= 0.6 is 0 Å². The summed E-state index contributed by atoms with van der Waals surface area (Å²) in [6.45, 7) is 8.12. The van der Waals surface area contributed by atoms with E-state index < -0.39 is 0 Å². The predicted molar refractivity (Wildman–Crippen MR) is 91.2 cm³/mol. The van der Waals surface area contributed by atoms with Gasteiger partial charge in [-0.05, 0) is 19.8 Å². The van der Waals surface area contributed by atoms with E-state index in [4.69, 9.17) is 0 Å². The van der Waals surface area contributed by atoms with Crippen LogP contribution in [0.4, 0.5) is 17.5 Å². The number of aromatic amines is 1. The summed E-state index contributed by atoms with van der Waals surface area (Å²) in [4.78, 5) is 16.0. The zero-order valence-electron chi connectivity index (χ0n) is 13.6. The molecule has 23 heavy (non-hydrogen) atoms. The Morgan fingerprint density at radius 1 is 0.783 bits per heavy atom. The standard InChI is InChI=1S/C16H23N7/c1-13-10-16(20-19-13)23-8-6-22(7-9-23)15-11-14(17-12-18-15)21-4-2-3-5-21/h10-12H,2-9H2,1H3,(H,19,20). The minimum atomic E-state index is 0.961. The number of piperazine rings is 1. The van der Waals surface area contributed by atoms with Gasteiger partial charge in [0.25, 0.3) is 0 Å². The number of rotatable bonds is 3. The van der Waals surface area contributed by atoms with Gasteiger partial charge in [0.1, 0.15) is 18.0 Å². The van der Waals surface area contributed by atoms with Crippen LogP contribution in [-0.2, 0) is 0 Å². The third-order valence-electron chi connectivity index (χ3n) is 4.69. The average molecular weight is 313 g/mol. The minimum absolute atomic E-state index is 0.961. The molecule has 0 aliphatic carbocycles. The van der Waals surface area contributed by atoms with Gasteiger partial charge in [0.05, 0.1) is 0 Å². The Morgan fingerprint density at radius 2 is 1.35 bits per heavy atom. The zero-order chi connectivity index (χ0) is 15.6. The van der Waals surface area contributed by atoms with Gasteiger partial charge in [0.15, 0.2) is 5.82 Å². The topological polar surface area (TPSA) is 64.2 Å². The van der Waals surface area contributed by atoms with Gasteiger partial charge < -0.3 is 14.7 Å². The second-order valence-corrected chi connectivity index (χ2v) is 6.31. The van der Waals surface area contributed by atoms with Gasteiger partial charge in [-0.3, -0.25) is 5.10 Å². The number of hydrogen-bond donors (Lipinski definition) is 1. The fourth-order valence-electron chi connectivity index (χ4n) is 3.36. The molecule has 0 unspecified atom stereocenters. The van der Waals surface area contributed by atoms with Crippen LogP contribution in [0.15, 0.2) is 18.5 Å². The normalized spacial score (nSPS) is 18.7. The van der Waals surface area contributed by atoms with E-state index in [0.29, 0.717) is 0 Å². The second-order valence-electron chi connectivity index (χ2n) is 6.31. The Kier molecular flexibility index (Phi) is 3.77. The second kappa shape index (κ2) is 6.06. The molecule has 0 amide bonds. The fraction of sp³-hybridized carbons (Fsp3) is 0.562. The van der Waals surface area contributed by atoms with E-state index in [2.05, 4.69) is 47.0 Å². The van der Waals surface area contributed by atoms with Crippen molar-refractivity contribution in [1.29, 1.82) is 0 Å². The molecule has 7 nitrogen and oxygen atoms in total. The van der Waals surface area contributed by atoms with Gasteiger partial charge in [0.2, 0.25) is 0 Å². The van der Waals surface area contributed by atoms with Crippen molar-refractivity contribution in [2.45, 2.75) is 19.8 Å². The van der Waals surface area contributed by atoms with Crippen LogP contribution in [-0.4, -0.2) is 59.4 Å². The molecule has 2 aromatic rings. The van der Waals surface area contributed by atoms with E-state index in [1.807, 2.05) is 6.92 Å². The van der Waals surface area contributed by atoms with Crippen LogP contribution in [0.1, 0.15) is 18.5 Å². The summed E-state index contributed by atoms with van der Waals surface area (Å²) >= 11 is 0. The van der Waals surface area contributed by atoms with Crippen LogP contribution < -0.4 is 14.7 Å². The van der Waals surface area contributed by atoms with Gasteiger partial charge >= 0.3 is 0 Å². The van der Waals surface area contributed by atoms with Crippen molar-refractivity contribution in [3.63, 3.8) is 0 Å². The number of nitrogens with zero attached hydrogens (tertiary/aromatic N) is 6. The van der Waals surface area contributed by atoms with E-state index in [1.165, 1.54) is 12.8 Å². The van der Waals surface area contributed by atoms with E-state index in [-0.39, 0.29) is 0 Å². The van der Waals surface area contributed by atoms with Crippen LogP contribution in [0.3, 0.4) is 0 Å². The van der Waals surface area contributed by atoms with Gasteiger partial charge in [-0.15, -0.1) is 0 Å². The van der Waals surface area contributed by atoms with Gasteiger partial charge in [-0.2, -0.15) is 5.10 Å². The molecule has 2 aromatic heterocycles. The molecule has 0 aromatic carbocycles. The molecule has 2 saturated heterocycles. The van der Waals surface area contributed by atoms with Gasteiger partial charge in [-0.25, -0.2) is 9.97 Å². The average Bonchev–Trinajstić information content (AvgIpc) is 3.27. The molecule has 2 fully saturated rings. The van der Waals surface area contributed by atoms with E-state index >= 15 is 0 Å². The van der Waals surface area contributed by atoms with Crippen molar-refractivity contribution >= 4 is 17.5 Å². The molecule has 7 heteroatoms. The molecular formula is C16H23N7. The molecule has 122 valence electrons. The molecule has 2 aliphatic rings. The van der Waals surface area contributed by atoms with Gasteiger partial charge in [-0.1, -0.05) is 0 Å². The molecule has 1 N–H and O–H groups in total. The number of nitrogens with one attached hydrogen (secondary N) is 1. The van der Waals surface area contributed by atoms with E-state index in [1.54, 1.807) is 6.33 Å². The number of hydrogen-bond acceptors (Lipinski definition) is 6. The van der Waals surface area contributed by atoms with Crippen molar-refractivity contribution in [1.82, 2.24) is 20.2 Å². The highest BCUT2D eigenvalue weighted by atomic mass is 15.3. The molecule has 0 bridgehead atoms. The lowest BCUT2D eigenvalue weighted by atomic mass is 10.3. The van der Waals surface area contributed by atoms with Crippen molar-refractivity contribution in [2.24, 2.45) is 0 Å². The lowest BCUT2D eigenvalue weighted by molar-refractivity contribution is 0.640. The first-order chi connectivity index (χ1) is 11.3. The number of anilines is 3. The molecule has 4 rings (SSSR count). The van der Waals surface area contributed by atoms with E-state index in [0.717, 1.165) is 62.4 Å². The van der Waals surface area contributed by atoms with Crippen molar-refractivity contribution < 1.29 is 0 Å². The Labute approximate surface area is 136 Å². The smallest absolute Gasteiger partial charge is 0.150 e. The number of H-pyrrole nitrogens is 1. The summed E-state index contributed by atoms with van der Waals surface area (Å²) in [6, 6.07) is 4.24. The molecular weight excluding hydrogens is 290 g/mol. The highest BCUT2D eigenvalue weighted by Crippen LogP contribution is 2.23. The largest absolute Gasteiger partial charge is 0.356 e. The van der Waals surface area contributed by atoms with Crippen LogP contribution in [0, 0.1) is 6.92 Å². The molecule has 2 aliphatic heterocycles. The first-order valence-electron chi connectivity index (χ1n) is 8.38. The molecule has 0 radical (unpaired) electrons. The highest BCUT2D eigenvalue weighted by Gasteiger charge is 2.21. The Bertz CT molecular complexity index is 654.